The van der Waals surface area contributed by atoms with Crippen LogP contribution in [0.1, 0.15) is 18.4 Å². The maximum Gasteiger partial charge on any atom is 0.248 e. The molecule has 7 heteroatoms. The number of likely N-dealkylation sites (tertiary alicyclic amines) is 1. The number of nitrogens with zero attached hydrogens (tertiary/aromatic N) is 2. The van der Waals surface area contributed by atoms with Crippen molar-refractivity contribution in [1.82, 2.24) is 9.88 Å². The molecule has 1 aliphatic heterocycles. The number of hydrogen-bond donors (Lipinski definition) is 2. The molecule has 0 spiro atoms. The number of thiazole rings is 1. The summed E-state index contributed by atoms with van der Waals surface area (Å²) in [7, 11) is 0. The summed E-state index contributed by atoms with van der Waals surface area (Å²) in [6.07, 6.45) is 1.49. The van der Waals surface area contributed by atoms with Crippen LogP contribution in [0.5, 0.6) is 0 Å². The lowest BCUT2D eigenvalue weighted by atomic mass is 10.2. The van der Waals surface area contributed by atoms with Gasteiger partial charge in [0.2, 0.25) is 11.8 Å². The number of aryl methyl sites for hydroxylation is 1. The molecule has 1 aliphatic rings. The SMILES string of the molecule is Cc1ccc2nc(NC(=O)[C@@H]3CCCN3C(=O)CN)sc2c1. The number of aromatic nitrogens is 1. The molecule has 3 N–H and O–H groups in total. The van der Waals surface area contributed by atoms with Crippen molar-refractivity contribution in [1.29, 1.82) is 0 Å². The Balaban J connectivity index is 1.76. The number of benzene rings is 1. The minimum atomic E-state index is -0.440. The first-order chi connectivity index (χ1) is 10.6. The average Bonchev–Trinajstić information content (AvgIpc) is 3.11. The van der Waals surface area contributed by atoms with Gasteiger partial charge in [0.1, 0.15) is 6.04 Å². The highest BCUT2D eigenvalue weighted by atomic mass is 32.1. The second-order valence-electron chi connectivity index (χ2n) is 5.43. The summed E-state index contributed by atoms with van der Waals surface area (Å²) in [5.41, 5.74) is 7.42. The molecular weight excluding hydrogens is 300 g/mol. The van der Waals surface area contributed by atoms with Crippen LogP contribution in [0.15, 0.2) is 18.2 Å². The number of rotatable bonds is 3. The second-order valence-corrected chi connectivity index (χ2v) is 6.46. The van der Waals surface area contributed by atoms with Gasteiger partial charge in [-0.25, -0.2) is 4.98 Å². The zero-order valence-electron chi connectivity index (χ0n) is 12.3. The Bertz CT molecular complexity index is 727. The Kier molecular flexibility index (Phi) is 4.08. The highest BCUT2D eigenvalue weighted by Gasteiger charge is 2.33. The quantitative estimate of drug-likeness (QED) is 0.897. The average molecular weight is 318 g/mol. The third-order valence-corrected chi connectivity index (χ3v) is 4.76. The van der Waals surface area contributed by atoms with Crippen LogP contribution < -0.4 is 11.1 Å². The zero-order valence-corrected chi connectivity index (χ0v) is 13.2. The number of nitrogens with one attached hydrogen (secondary N) is 1. The van der Waals surface area contributed by atoms with Gasteiger partial charge in [0.15, 0.2) is 5.13 Å². The highest BCUT2D eigenvalue weighted by Crippen LogP contribution is 2.27. The van der Waals surface area contributed by atoms with Gasteiger partial charge in [-0.3, -0.25) is 9.59 Å². The first-order valence-electron chi connectivity index (χ1n) is 7.26. The minimum absolute atomic E-state index is 0.0653. The summed E-state index contributed by atoms with van der Waals surface area (Å²) in [5.74, 6) is -0.368. The Morgan fingerprint density at radius 1 is 1.50 bits per heavy atom. The van der Waals surface area contributed by atoms with Gasteiger partial charge in [0.05, 0.1) is 16.8 Å². The standard InChI is InChI=1S/C15H18N4O2S/c1-9-4-5-10-12(7-9)22-15(17-10)18-14(21)11-3-2-6-19(11)13(20)8-16/h4-5,7,11H,2-3,6,8,16H2,1H3,(H,17,18,21)/t11-/m0/s1. The molecule has 0 bridgehead atoms. The van der Waals surface area contributed by atoms with E-state index < -0.39 is 6.04 Å². The Morgan fingerprint density at radius 3 is 3.09 bits per heavy atom. The first kappa shape index (κ1) is 14.9. The summed E-state index contributed by atoms with van der Waals surface area (Å²) in [6.45, 7) is 2.55. The van der Waals surface area contributed by atoms with Crippen molar-refractivity contribution in [3.8, 4) is 0 Å². The lowest BCUT2D eigenvalue weighted by Crippen LogP contribution is -2.45. The van der Waals surface area contributed by atoms with E-state index in [0.717, 1.165) is 22.2 Å². The van der Waals surface area contributed by atoms with Gasteiger partial charge < -0.3 is 16.0 Å². The topological polar surface area (TPSA) is 88.3 Å². The highest BCUT2D eigenvalue weighted by molar-refractivity contribution is 7.22. The van der Waals surface area contributed by atoms with Crippen molar-refractivity contribution < 1.29 is 9.59 Å². The molecule has 1 fully saturated rings. The molecule has 0 radical (unpaired) electrons. The maximum absolute atomic E-state index is 12.4. The Labute approximate surface area is 132 Å². The van der Waals surface area contributed by atoms with Crippen molar-refractivity contribution in [2.75, 3.05) is 18.4 Å². The molecule has 0 saturated carbocycles. The Hall–Kier alpha value is -1.99. The van der Waals surface area contributed by atoms with Crippen molar-refractivity contribution in [2.45, 2.75) is 25.8 Å². The number of fused-ring (bicyclic) bond motifs is 1. The molecule has 22 heavy (non-hydrogen) atoms. The molecule has 1 aromatic heterocycles. The summed E-state index contributed by atoms with van der Waals surface area (Å²) in [5, 5.41) is 3.40. The van der Waals surface area contributed by atoms with Gasteiger partial charge in [-0.2, -0.15) is 0 Å². The van der Waals surface area contributed by atoms with Gasteiger partial charge in [-0.15, -0.1) is 0 Å². The van der Waals surface area contributed by atoms with Crippen LogP contribution in [0, 0.1) is 6.92 Å². The van der Waals surface area contributed by atoms with Crippen LogP contribution >= 0.6 is 11.3 Å². The fourth-order valence-corrected chi connectivity index (χ4v) is 3.70. The molecule has 1 atom stereocenters. The van der Waals surface area contributed by atoms with Crippen LogP contribution in [0.25, 0.3) is 10.2 Å². The molecule has 6 nitrogen and oxygen atoms in total. The van der Waals surface area contributed by atoms with Gasteiger partial charge in [-0.05, 0) is 37.5 Å². The molecule has 1 aromatic carbocycles. The number of anilines is 1. The molecule has 2 aromatic rings. The van der Waals surface area contributed by atoms with E-state index in [-0.39, 0.29) is 18.4 Å². The van der Waals surface area contributed by atoms with E-state index in [1.54, 1.807) is 4.90 Å². The van der Waals surface area contributed by atoms with Gasteiger partial charge >= 0.3 is 0 Å². The number of hydrogen-bond acceptors (Lipinski definition) is 5. The molecule has 3 rings (SSSR count). The number of carbonyl (C=O) groups is 2. The monoisotopic (exact) mass is 318 g/mol. The van der Waals surface area contributed by atoms with Gasteiger partial charge in [0.25, 0.3) is 0 Å². The molecular formula is C15H18N4O2S. The predicted octanol–water partition coefficient (Wildman–Crippen LogP) is 1.49. The fraction of sp³-hybridized carbons (Fsp3) is 0.400. The van der Waals surface area contributed by atoms with Gasteiger partial charge in [-0.1, -0.05) is 17.4 Å². The summed E-state index contributed by atoms with van der Waals surface area (Å²) in [6, 6.07) is 5.54. The summed E-state index contributed by atoms with van der Waals surface area (Å²) >= 11 is 1.44. The third-order valence-electron chi connectivity index (χ3n) is 3.82. The predicted molar refractivity (Wildman–Crippen MR) is 86.8 cm³/mol. The van der Waals surface area contributed by atoms with E-state index in [4.69, 9.17) is 5.73 Å². The molecule has 2 amide bonds. The number of amides is 2. The normalized spacial score (nSPS) is 17.9. The van der Waals surface area contributed by atoms with Crippen LogP contribution in [-0.2, 0) is 9.59 Å². The molecule has 1 saturated heterocycles. The number of carbonyl (C=O) groups excluding carboxylic acids is 2. The largest absolute Gasteiger partial charge is 0.330 e. The smallest absolute Gasteiger partial charge is 0.248 e. The van der Waals surface area contributed by atoms with Crippen LogP contribution in [0.3, 0.4) is 0 Å². The third kappa shape index (κ3) is 2.82. The van der Waals surface area contributed by atoms with E-state index in [0.29, 0.717) is 18.1 Å². The van der Waals surface area contributed by atoms with E-state index in [1.807, 2.05) is 25.1 Å². The molecule has 116 valence electrons. The second kappa shape index (κ2) is 6.02. The molecule has 0 aliphatic carbocycles. The van der Waals surface area contributed by atoms with Crippen LogP contribution in [-0.4, -0.2) is 40.8 Å². The van der Waals surface area contributed by atoms with E-state index in [2.05, 4.69) is 10.3 Å². The van der Waals surface area contributed by atoms with Crippen LogP contribution in [0.2, 0.25) is 0 Å². The van der Waals surface area contributed by atoms with E-state index in [9.17, 15) is 9.59 Å². The zero-order chi connectivity index (χ0) is 15.7. The fourth-order valence-electron chi connectivity index (χ4n) is 2.73. The maximum atomic E-state index is 12.4. The van der Waals surface area contributed by atoms with Crippen molar-refractivity contribution in [3.05, 3.63) is 23.8 Å². The summed E-state index contributed by atoms with van der Waals surface area (Å²) in [4.78, 5) is 30.2. The van der Waals surface area contributed by atoms with Crippen molar-refractivity contribution in [3.63, 3.8) is 0 Å². The lowest BCUT2D eigenvalue weighted by molar-refractivity contribution is -0.135. The Morgan fingerprint density at radius 2 is 2.32 bits per heavy atom. The van der Waals surface area contributed by atoms with Gasteiger partial charge in [0, 0.05) is 6.54 Å². The van der Waals surface area contributed by atoms with Crippen LogP contribution in [0.4, 0.5) is 5.13 Å². The minimum Gasteiger partial charge on any atom is -0.330 e. The van der Waals surface area contributed by atoms with E-state index >= 15 is 0 Å². The van der Waals surface area contributed by atoms with Crippen molar-refractivity contribution >= 4 is 38.5 Å². The molecule has 0 unspecified atom stereocenters. The first-order valence-corrected chi connectivity index (χ1v) is 8.07. The van der Waals surface area contributed by atoms with Crippen molar-refractivity contribution in [2.24, 2.45) is 5.73 Å². The van der Waals surface area contributed by atoms with E-state index in [1.165, 1.54) is 11.3 Å². The lowest BCUT2D eigenvalue weighted by Gasteiger charge is -2.22. The molecule has 2 heterocycles. The number of nitrogens with two attached hydrogens (primary N) is 1. The summed E-state index contributed by atoms with van der Waals surface area (Å²) < 4.78 is 1.04.